The molecule has 0 atom stereocenters. The van der Waals surface area contributed by atoms with Gasteiger partial charge in [0.15, 0.2) is 5.58 Å². The van der Waals surface area contributed by atoms with Crippen LogP contribution in [0.2, 0.25) is 5.02 Å². The van der Waals surface area contributed by atoms with Crippen LogP contribution in [0.25, 0.3) is 11.1 Å². The zero-order chi connectivity index (χ0) is 11.0. The molecule has 3 rings (SSSR count). The number of benzene rings is 1. The van der Waals surface area contributed by atoms with Crippen molar-refractivity contribution in [3.05, 3.63) is 28.7 Å². The molecule has 1 aromatic carbocycles. The lowest BCUT2D eigenvalue weighted by Gasteiger charge is -1.91. The highest BCUT2D eigenvalue weighted by atomic mass is 35.5. The molecule has 0 unspecified atom stereocenters. The minimum Gasteiger partial charge on any atom is -0.423 e. The molecule has 0 aliphatic heterocycles. The highest BCUT2D eigenvalue weighted by Gasteiger charge is 2.07. The number of aromatic nitrogens is 3. The Bertz CT molecular complexity index is 622. The Morgan fingerprint density at radius 3 is 3.12 bits per heavy atom. The van der Waals surface area contributed by atoms with Gasteiger partial charge in [0.25, 0.3) is 0 Å². The summed E-state index contributed by atoms with van der Waals surface area (Å²) in [5.74, 6) is 0. The van der Waals surface area contributed by atoms with Crippen molar-refractivity contribution in [3.63, 3.8) is 0 Å². The van der Waals surface area contributed by atoms with Gasteiger partial charge in [-0.25, -0.2) is 0 Å². The van der Waals surface area contributed by atoms with E-state index in [1.54, 1.807) is 23.7 Å². The number of hydrogen-bond donors (Lipinski definition) is 1. The van der Waals surface area contributed by atoms with Gasteiger partial charge < -0.3 is 4.42 Å². The van der Waals surface area contributed by atoms with Crippen molar-refractivity contribution in [1.29, 1.82) is 0 Å². The van der Waals surface area contributed by atoms with Crippen LogP contribution >= 0.6 is 22.9 Å². The van der Waals surface area contributed by atoms with Gasteiger partial charge in [-0.3, -0.25) is 5.32 Å². The molecule has 0 fully saturated rings. The molecule has 5 nitrogen and oxygen atoms in total. The third-order valence-corrected chi connectivity index (χ3v) is 2.77. The maximum Gasteiger partial charge on any atom is 0.302 e. The number of nitrogens with zero attached hydrogens (tertiary/aromatic N) is 3. The van der Waals surface area contributed by atoms with Crippen LogP contribution in [-0.4, -0.2) is 15.2 Å². The van der Waals surface area contributed by atoms with Gasteiger partial charge in [0, 0.05) is 11.1 Å². The minimum atomic E-state index is 0.383. The van der Waals surface area contributed by atoms with Crippen LogP contribution in [-0.2, 0) is 0 Å². The van der Waals surface area contributed by atoms with Gasteiger partial charge in [-0.2, -0.15) is 4.98 Å². The average molecular weight is 253 g/mol. The number of anilines is 2. The Morgan fingerprint density at radius 2 is 2.31 bits per heavy atom. The maximum atomic E-state index is 5.84. The van der Waals surface area contributed by atoms with Gasteiger partial charge in [-0.1, -0.05) is 22.9 Å². The summed E-state index contributed by atoms with van der Waals surface area (Å²) < 4.78 is 5.45. The molecule has 0 bridgehead atoms. The van der Waals surface area contributed by atoms with Crippen LogP contribution in [0.5, 0.6) is 0 Å². The molecule has 0 aliphatic rings. The fourth-order valence-corrected chi connectivity index (χ4v) is 1.87. The number of fused-ring (bicyclic) bond motifs is 1. The molecule has 2 aromatic heterocycles. The second-order valence-electron chi connectivity index (χ2n) is 3.00. The van der Waals surface area contributed by atoms with Gasteiger partial charge in [0.05, 0.1) is 0 Å². The summed E-state index contributed by atoms with van der Waals surface area (Å²) in [6.07, 6.45) is 0. The van der Waals surface area contributed by atoms with E-state index in [2.05, 4.69) is 20.5 Å². The van der Waals surface area contributed by atoms with Crippen molar-refractivity contribution in [1.82, 2.24) is 15.2 Å². The van der Waals surface area contributed by atoms with Gasteiger partial charge in [0.2, 0.25) is 5.13 Å². The van der Waals surface area contributed by atoms with Gasteiger partial charge in [-0.05, 0) is 12.1 Å². The lowest BCUT2D eigenvalue weighted by Crippen LogP contribution is -1.88. The summed E-state index contributed by atoms with van der Waals surface area (Å²) >= 11 is 7.21. The Balaban J connectivity index is 1.99. The second kappa shape index (κ2) is 3.73. The van der Waals surface area contributed by atoms with Crippen molar-refractivity contribution in [2.24, 2.45) is 0 Å². The minimum absolute atomic E-state index is 0.383. The Hall–Kier alpha value is -1.66. The molecule has 16 heavy (non-hydrogen) atoms. The van der Waals surface area contributed by atoms with Crippen LogP contribution in [0.1, 0.15) is 0 Å². The molecule has 0 saturated heterocycles. The zero-order valence-electron chi connectivity index (χ0n) is 7.85. The lowest BCUT2D eigenvalue weighted by atomic mass is 10.3. The van der Waals surface area contributed by atoms with Crippen LogP contribution in [0, 0.1) is 0 Å². The van der Waals surface area contributed by atoms with Gasteiger partial charge in [0.1, 0.15) is 11.0 Å². The van der Waals surface area contributed by atoms with Crippen molar-refractivity contribution >= 4 is 45.2 Å². The number of nitrogens with one attached hydrogen (secondary N) is 1. The second-order valence-corrected chi connectivity index (χ2v) is 4.27. The van der Waals surface area contributed by atoms with E-state index in [-0.39, 0.29) is 0 Å². The predicted octanol–water partition coefficient (Wildman–Crippen LogP) is 3.08. The Kier molecular flexibility index (Phi) is 2.23. The van der Waals surface area contributed by atoms with Gasteiger partial charge in [-0.15, -0.1) is 10.2 Å². The number of halogens is 1. The molecule has 2 heterocycles. The fraction of sp³-hybridized carbons (Fsp3) is 0. The van der Waals surface area contributed by atoms with E-state index >= 15 is 0 Å². The first-order chi connectivity index (χ1) is 7.81. The number of rotatable bonds is 2. The number of oxazole rings is 1. The topological polar surface area (TPSA) is 63.8 Å². The van der Waals surface area contributed by atoms with Crippen LogP contribution < -0.4 is 5.32 Å². The van der Waals surface area contributed by atoms with Crippen LogP contribution in [0.15, 0.2) is 28.1 Å². The first-order valence-corrected chi connectivity index (χ1v) is 5.66. The average Bonchev–Trinajstić information content (AvgIpc) is 2.86. The normalized spacial score (nSPS) is 10.8. The third kappa shape index (κ3) is 1.72. The standard InChI is InChI=1S/C9H5ClN4OS/c10-5-1-2-6-7(3-5)15-8(12-6)13-9-14-11-4-16-9/h1-4H,(H,12,13,14). The highest BCUT2D eigenvalue weighted by Crippen LogP contribution is 2.24. The molecule has 0 radical (unpaired) electrons. The Morgan fingerprint density at radius 1 is 1.38 bits per heavy atom. The molecule has 1 N–H and O–H groups in total. The van der Waals surface area contributed by atoms with E-state index in [1.807, 2.05) is 0 Å². The lowest BCUT2D eigenvalue weighted by molar-refractivity contribution is 0.623. The molecule has 80 valence electrons. The van der Waals surface area contributed by atoms with Crippen molar-refractivity contribution in [3.8, 4) is 0 Å². The van der Waals surface area contributed by atoms with E-state index in [0.717, 1.165) is 5.52 Å². The first kappa shape index (κ1) is 9.56. The summed E-state index contributed by atoms with van der Waals surface area (Å²) in [6.45, 7) is 0. The highest BCUT2D eigenvalue weighted by molar-refractivity contribution is 7.13. The van der Waals surface area contributed by atoms with Crippen molar-refractivity contribution in [2.45, 2.75) is 0 Å². The predicted molar refractivity (Wildman–Crippen MR) is 62.2 cm³/mol. The van der Waals surface area contributed by atoms with E-state index in [1.165, 1.54) is 11.3 Å². The van der Waals surface area contributed by atoms with Crippen LogP contribution in [0.4, 0.5) is 11.1 Å². The molecule has 7 heteroatoms. The molecule has 0 saturated carbocycles. The first-order valence-electron chi connectivity index (χ1n) is 4.40. The number of hydrogen-bond acceptors (Lipinski definition) is 6. The third-order valence-electron chi connectivity index (χ3n) is 1.92. The Labute approximate surface area is 99.1 Å². The zero-order valence-corrected chi connectivity index (χ0v) is 9.42. The molecule has 0 amide bonds. The fourth-order valence-electron chi connectivity index (χ4n) is 1.27. The summed E-state index contributed by atoms with van der Waals surface area (Å²) in [6, 6.07) is 5.66. The van der Waals surface area contributed by atoms with E-state index in [4.69, 9.17) is 16.0 Å². The maximum absolute atomic E-state index is 5.84. The molecular weight excluding hydrogens is 248 g/mol. The van der Waals surface area contributed by atoms with Gasteiger partial charge >= 0.3 is 6.01 Å². The molecule has 0 aliphatic carbocycles. The largest absolute Gasteiger partial charge is 0.423 e. The van der Waals surface area contributed by atoms with Crippen molar-refractivity contribution < 1.29 is 4.42 Å². The van der Waals surface area contributed by atoms with Crippen LogP contribution in [0.3, 0.4) is 0 Å². The van der Waals surface area contributed by atoms with Crippen molar-refractivity contribution in [2.75, 3.05) is 5.32 Å². The monoisotopic (exact) mass is 252 g/mol. The SMILES string of the molecule is Clc1ccc2nc(Nc3nncs3)oc2c1. The molecule has 0 spiro atoms. The van der Waals surface area contributed by atoms with E-state index in [9.17, 15) is 0 Å². The summed E-state index contributed by atoms with van der Waals surface area (Å²) in [5.41, 5.74) is 3.01. The van der Waals surface area contributed by atoms with E-state index < -0.39 is 0 Å². The summed E-state index contributed by atoms with van der Waals surface area (Å²) in [5, 5.41) is 11.7. The summed E-state index contributed by atoms with van der Waals surface area (Å²) in [7, 11) is 0. The smallest absolute Gasteiger partial charge is 0.302 e. The summed E-state index contributed by atoms with van der Waals surface area (Å²) in [4.78, 5) is 4.23. The molecular formula is C9H5ClN4OS. The quantitative estimate of drug-likeness (QED) is 0.759. The van der Waals surface area contributed by atoms with E-state index in [0.29, 0.717) is 21.8 Å². The molecule has 3 aromatic rings.